The van der Waals surface area contributed by atoms with Gasteiger partial charge in [-0.15, -0.1) is 0 Å². The number of nitriles is 1. The lowest BCUT2D eigenvalue weighted by Gasteiger charge is -2.34. The molecule has 0 fully saturated rings. The molecule has 1 atom stereocenters. The summed E-state index contributed by atoms with van der Waals surface area (Å²) in [4.78, 5) is 25.5. The Labute approximate surface area is 149 Å². The van der Waals surface area contributed by atoms with Crippen molar-refractivity contribution in [2.45, 2.75) is 38.1 Å². The Bertz CT molecular complexity index is 1030. The Morgan fingerprint density at radius 2 is 2.00 bits per heavy atom. The fraction of sp³-hybridized carbons (Fsp3) is 0.316. The number of halogens is 1. The summed E-state index contributed by atoms with van der Waals surface area (Å²) in [6.45, 7) is 5.80. The van der Waals surface area contributed by atoms with E-state index in [0.29, 0.717) is 28.2 Å². The van der Waals surface area contributed by atoms with Crippen molar-refractivity contribution in [3.8, 4) is 6.07 Å². The van der Waals surface area contributed by atoms with E-state index in [1.54, 1.807) is 10.8 Å². The van der Waals surface area contributed by atoms with Gasteiger partial charge in [0, 0.05) is 29.4 Å². The summed E-state index contributed by atoms with van der Waals surface area (Å²) in [6.07, 6.45) is 1.47. The lowest BCUT2D eigenvalue weighted by molar-refractivity contribution is -0.125. The zero-order valence-electron chi connectivity index (χ0n) is 14.6. The molecule has 1 aromatic heterocycles. The molecule has 2 aliphatic rings. The van der Waals surface area contributed by atoms with Crippen LogP contribution in [0.3, 0.4) is 0 Å². The standard InChI is InChI=1S/C19H17FN4O2/c1-18(2,3)24-9-10(8-21)15-16(24)23-14(25)7-19(15)12-6-11(20)4-5-13(12)22-17(19)26/h4-6,9H,7H2,1-3H3,(H,22,26)(H,23,25)/t19-/m0/s1. The number of hydrogen-bond donors (Lipinski definition) is 2. The molecule has 1 spiro atoms. The summed E-state index contributed by atoms with van der Waals surface area (Å²) >= 11 is 0. The maximum Gasteiger partial charge on any atom is 0.240 e. The number of benzene rings is 1. The Morgan fingerprint density at radius 1 is 1.27 bits per heavy atom. The number of amides is 2. The highest BCUT2D eigenvalue weighted by Crippen LogP contribution is 2.52. The predicted molar refractivity (Wildman–Crippen MR) is 93.2 cm³/mol. The van der Waals surface area contributed by atoms with Crippen molar-refractivity contribution in [2.24, 2.45) is 0 Å². The van der Waals surface area contributed by atoms with Crippen molar-refractivity contribution in [1.82, 2.24) is 4.57 Å². The Morgan fingerprint density at radius 3 is 2.65 bits per heavy atom. The first-order chi connectivity index (χ1) is 12.2. The van der Waals surface area contributed by atoms with Gasteiger partial charge in [-0.2, -0.15) is 5.26 Å². The molecule has 2 aromatic rings. The number of carbonyl (C=O) groups is 2. The molecule has 2 amide bonds. The third-order valence-electron chi connectivity index (χ3n) is 5.04. The van der Waals surface area contributed by atoms with E-state index in [1.807, 2.05) is 20.8 Å². The van der Waals surface area contributed by atoms with Crippen LogP contribution in [-0.2, 0) is 20.5 Å². The van der Waals surface area contributed by atoms with Gasteiger partial charge >= 0.3 is 0 Å². The zero-order valence-corrected chi connectivity index (χ0v) is 14.6. The molecular weight excluding hydrogens is 335 g/mol. The highest BCUT2D eigenvalue weighted by molar-refractivity contribution is 6.15. The normalized spacial score (nSPS) is 21.0. The molecule has 4 rings (SSSR count). The van der Waals surface area contributed by atoms with Crippen LogP contribution in [0, 0.1) is 17.1 Å². The third-order valence-corrected chi connectivity index (χ3v) is 5.04. The van der Waals surface area contributed by atoms with Gasteiger partial charge in [0.1, 0.15) is 23.1 Å². The second kappa shape index (κ2) is 4.94. The lowest BCUT2D eigenvalue weighted by Crippen LogP contribution is -2.44. The van der Waals surface area contributed by atoms with Crippen LogP contribution in [0.2, 0.25) is 0 Å². The topological polar surface area (TPSA) is 86.9 Å². The minimum absolute atomic E-state index is 0.175. The molecule has 3 heterocycles. The minimum Gasteiger partial charge on any atom is -0.328 e. The number of carbonyl (C=O) groups excluding carboxylic acids is 2. The molecule has 0 saturated heterocycles. The van der Waals surface area contributed by atoms with Gasteiger partial charge in [-0.05, 0) is 44.5 Å². The maximum atomic E-state index is 14.0. The average molecular weight is 352 g/mol. The number of rotatable bonds is 0. The summed E-state index contributed by atoms with van der Waals surface area (Å²) in [6, 6.07) is 6.14. The van der Waals surface area contributed by atoms with E-state index in [1.165, 1.54) is 18.2 Å². The second-order valence-electron chi connectivity index (χ2n) is 7.69. The molecule has 132 valence electrons. The number of aromatic nitrogens is 1. The molecule has 2 aliphatic heterocycles. The fourth-order valence-electron chi connectivity index (χ4n) is 3.93. The van der Waals surface area contributed by atoms with Crippen molar-refractivity contribution in [3.63, 3.8) is 0 Å². The summed E-state index contributed by atoms with van der Waals surface area (Å²) in [5, 5.41) is 15.2. The van der Waals surface area contributed by atoms with Crippen molar-refractivity contribution >= 4 is 23.3 Å². The van der Waals surface area contributed by atoms with Gasteiger partial charge < -0.3 is 15.2 Å². The smallest absolute Gasteiger partial charge is 0.240 e. The van der Waals surface area contributed by atoms with E-state index in [-0.39, 0.29) is 12.3 Å². The third kappa shape index (κ3) is 1.96. The van der Waals surface area contributed by atoms with Gasteiger partial charge in [0.25, 0.3) is 0 Å². The fourth-order valence-corrected chi connectivity index (χ4v) is 3.93. The highest BCUT2D eigenvalue weighted by atomic mass is 19.1. The van der Waals surface area contributed by atoms with Crippen LogP contribution in [0.5, 0.6) is 0 Å². The van der Waals surface area contributed by atoms with Crippen LogP contribution >= 0.6 is 0 Å². The molecule has 7 heteroatoms. The van der Waals surface area contributed by atoms with E-state index in [2.05, 4.69) is 16.7 Å². The molecule has 6 nitrogen and oxygen atoms in total. The molecule has 26 heavy (non-hydrogen) atoms. The van der Waals surface area contributed by atoms with Crippen LogP contribution < -0.4 is 10.6 Å². The number of anilines is 2. The molecule has 0 aliphatic carbocycles. The molecule has 1 aromatic carbocycles. The van der Waals surface area contributed by atoms with Crippen LogP contribution in [0.4, 0.5) is 15.9 Å². The summed E-state index contributed by atoms with van der Waals surface area (Å²) in [7, 11) is 0. The summed E-state index contributed by atoms with van der Waals surface area (Å²) < 4.78 is 15.7. The number of nitrogens with zero attached hydrogens (tertiary/aromatic N) is 2. The Balaban J connectivity index is 2.12. The van der Waals surface area contributed by atoms with E-state index < -0.39 is 22.7 Å². The van der Waals surface area contributed by atoms with E-state index in [0.717, 1.165) is 0 Å². The zero-order chi connectivity index (χ0) is 18.9. The molecule has 2 N–H and O–H groups in total. The monoisotopic (exact) mass is 352 g/mol. The van der Waals surface area contributed by atoms with Crippen LogP contribution in [0.15, 0.2) is 24.4 Å². The highest BCUT2D eigenvalue weighted by Gasteiger charge is 2.55. The van der Waals surface area contributed by atoms with E-state index in [4.69, 9.17) is 0 Å². The minimum atomic E-state index is -1.41. The van der Waals surface area contributed by atoms with Crippen LogP contribution in [-0.4, -0.2) is 16.4 Å². The second-order valence-corrected chi connectivity index (χ2v) is 7.69. The van der Waals surface area contributed by atoms with Crippen molar-refractivity contribution < 1.29 is 14.0 Å². The quantitative estimate of drug-likeness (QED) is 0.764. The van der Waals surface area contributed by atoms with E-state index >= 15 is 0 Å². The lowest BCUT2D eigenvalue weighted by atomic mass is 9.70. The van der Waals surface area contributed by atoms with Gasteiger partial charge in [0.15, 0.2) is 0 Å². The molecular formula is C19H17FN4O2. The van der Waals surface area contributed by atoms with Crippen LogP contribution in [0.25, 0.3) is 0 Å². The van der Waals surface area contributed by atoms with Gasteiger partial charge in [0.2, 0.25) is 11.8 Å². The van der Waals surface area contributed by atoms with Crippen molar-refractivity contribution in [3.05, 3.63) is 46.9 Å². The predicted octanol–water partition coefficient (Wildman–Crippen LogP) is 2.83. The maximum absolute atomic E-state index is 14.0. The Kier molecular flexibility index (Phi) is 3.11. The first-order valence-corrected chi connectivity index (χ1v) is 8.26. The molecule has 0 radical (unpaired) electrons. The van der Waals surface area contributed by atoms with Crippen molar-refractivity contribution in [2.75, 3.05) is 10.6 Å². The SMILES string of the molecule is CC(C)(C)n1cc(C#N)c2c1NC(=O)C[C@@]21C(=O)Nc2ccc(F)cc21. The van der Waals surface area contributed by atoms with Crippen molar-refractivity contribution in [1.29, 1.82) is 5.26 Å². The largest absolute Gasteiger partial charge is 0.328 e. The molecule has 0 bridgehead atoms. The Hall–Kier alpha value is -3.14. The van der Waals surface area contributed by atoms with Gasteiger partial charge in [-0.1, -0.05) is 0 Å². The molecule has 0 saturated carbocycles. The van der Waals surface area contributed by atoms with E-state index in [9.17, 15) is 19.2 Å². The number of nitrogens with one attached hydrogen (secondary N) is 2. The summed E-state index contributed by atoms with van der Waals surface area (Å²) in [5.74, 6) is -0.853. The molecule has 0 unspecified atom stereocenters. The van der Waals surface area contributed by atoms with Gasteiger partial charge in [0.05, 0.1) is 5.56 Å². The summed E-state index contributed by atoms with van der Waals surface area (Å²) in [5.41, 5.74) is -0.258. The van der Waals surface area contributed by atoms with Gasteiger partial charge in [-0.25, -0.2) is 4.39 Å². The number of hydrogen-bond acceptors (Lipinski definition) is 3. The number of fused-ring (bicyclic) bond motifs is 4. The van der Waals surface area contributed by atoms with Gasteiger partial charge in [-0.3, -0.25) is 9.59 Å². The first kappa shape index (κ1) is 16.3. The average Bonchev–Trinajstić information content (AvgIpc) is 3.05. The van der Waals surface area contributed by atoms with Crippen LogP contribution in [0.1, 0.15) is 43.9 Å². The first-order valence-electron chi connectivity index (χ1n) is 8.26.